The van der Waals surface area contributed by atoms with Crippen LogP contribution in [0.5, 0.6) is 5.75 Å². The minimum Gasteiger partial charge on any atom is -0.494 e. The molecule has 0 saturated heterocycles. The van der Waals surface area contributed by atoms with Crippen molar-refractivity contribution in [2.45, 2.75) is 37.5 Å². The van der Waals surface area contributed by atoms with Crippen LogP contribution >= 0.6 is 15.9 Å². The van der Waals surface area contributed by atoms with Crippen LogP contribution in [0.3, 0.4) is 0 Å². The average molecular weight is 669 g/mol. The van der Waals surface area contributed by atoms with Crippen LogP contribution in [-0.2, 0) is 28.9 Å². The van der Waals surface area contributed by atoms with E-state index in [-0.39, 0.29) is 25.5 Å². The molecule has 1 aliphatic heterocycles. The number of carbonyl (C=O) groups excluding carboxylic acids is 1. The highest BCUT2D eigenvalue weighted by molar-refractivity contribution is 9.10. The first-order valence-corrected chi connectivity index (χ1v) is 15.6. The first-order chi connectivity index (χ1) is 22.0. The molecule has 0 fully saturated rings. The first-order valence-electron chi connectivity index (χ1n) is 14.8. The van der Waals surface area contributed by atoms with Gasteiger partial charge in [0.1, 0.15) is 5.75 Å². The number of benzene rings is 4. The Hall–Kier alpha value is -4.63. The predicted molar refractivity (Wildman–Crippen MR) is 177 cm³/mol. The maximum atomic E-state index is 14.5. The fourth-order valence-electron chi connectivity index (χ4n) is 5.33. The topological polar surface area (TPSA) is 129 Å². The Morgan fingerprint density at radius 2 is 1.73 bits per heavy atom. The van der Waals surface area contributed by atoms with Crippen LogP contribution in [0.15, 0.2) is 118 Å². The Kier molecular flexibility index (Phi) is 10.9. The molecule has 10 heteroatoms. The monoisotopic (exact) mass is 667 g/mol. The van der Waals surface area contributed by atoms with Crippen molar-refractivity contribution >= 4 is 27.7 Å². The number of azide groups is 1. The molecule has 5 rings (SSSR count). The van der Waals surface area contributed by atoms with Gasteiger partial charge >= 0.3 is 0 Å². The van der Waals surface area contributed by atoms with Crippen LogP contribution in [0.2, 0.25) is 0 Å². The molecule has 4 aromatic rings. The first kappa shape index (κ1) is 31.8. The second-order valence-corrected chi connectivity index (χ2v) is 11.6. The summed E-state index contributed by atoms with van der Waals surface area (Å²) in [6.07, 6.45) is 0.664. The zero-order valence-electron chi connectivity index (χ0n) is 24.7. The Labute approximate surface area is 270 Å². The van der Waals surface area contributed by atoms with E-state index in [0.717, 1.165) is 26.7 Å². The van der Waals surface area contributed by atoms with Gasteiger partial charge in [-0.3, -0.25) is 4.79 Å². The van der Waals surface area contributed by atoms with E-state index in [2.05, 4.69) is 31.3 Å². The maximum absolute atomic E-state index is 14.5. The summed E-state index contributed by atoms with van der Waals surface area (Å²) in [6, 6.07) is 32.6. The molecular weight excluding hydrogens is 634 g/mol. The highest BCUT2D eigenvalue weighted by Gasteiger charge is 2.53. The molecule has 9 nitrogen and oxygen atoms in total. The van der Waals surface area contributed by atoms with Gasteiger partial charge in [-0.15, -0.1) is 0 Å². The summed E-state index contributed by atoms with van der Waals surface area (Å²) < 4.78 is 13.4. The van der Waals surface area contributed by atoms with Crippen molar-refractivity contribution in [3.8, 4) is 5.75 Å². The van der Waals surface area contributed by atoms with Gasteiger partial charge in [0.25, 0.3) is 5.91 Å². The number of carbonyl (C=O) groups is 1. The van der Waals surface area contributed by atoms with Crippen molar-refractivity contribution in [1.82, 2.24) is 5.32 Å². The Morgan fingerprint density at radius 1 is 1.00 bits per heavy atom. The molecule has 230 valence electrons. The van der Waals surface area contributed by atoms with E-state index in [1.165, 1.54) is 0 Å². The highest BCUT2D eigenvalue weighted by atomic mass is 79.9. The van der Waals surface area contributed by atoms with Gasteiger partial charge in [0.05, 0.1) is 13.2 Å². The molecule has 0 saturated carbocycles. The third-order valence-corrected chi connectivity index (χ3v) is 8.13. The van der Waals surface area contributed by atoms with E-state index in [4.69, 9.17) is 25.1 Å². The quantitative estimate of drug-likeness (QED) is 0.0657. The number of nitrogens with one attached hydrogen (secondary N) is 1. The molecule has 1 heterocycles. The normalized spacial score (nSPS) is 17.1. The van der Waals surface area contributed by atoms with Crippen molar-refractivity contribution in [2.24, 2.45) is 10.1 Å². The number of aliphatic hydroxyl groups is 1. The van der Waals surface area contributed by atoms with E-state index in [1.807, 2.05) is 103 Å². The molecule has 2 N–H and O–H groups in total. The molecule has 0 aliphatic carbocycles. The molecule has 45 heavy (non-hydrogen) atoms. The summed E-state index contributed by atoms with van der Waals surface area (Å²) in [4.78, 5) is 22.5. The number of amides is 1. The standard InChI is InChI=1S/C35H34BrN5O4/c36-29-15-11-25(12-16-29)19-20-38-34(43)35(23-26-7-2-1-3-8-26)32(31-10-5-4-9-28(31)24-39-41-37)45-33(40-35)27-13-17-30(18-14-27)44-22-6-21-42/h1-5,7-18,32,42H,6,19-24H2,(H,38,43)/t32-,35-/m1/s1. The van der Waals surface area contributed by atoms with Crippen LogP contribution < -0.4 is 10.1 Å². The number of aliphatic imine (C=N–C) groups is 1. The summed E-state index contributed by atoms with van der Waals surface area (Å²) in [5.41, 5.74) is 11.9. The Morgan fingerprint density at radius 3 is 2.47 bits per heavy atom. The van der Waals surface area contributed by atoms with Crippen LogP contribution in [0, 0.1) is 0 Å². The molecule has 0 spiro atoms. The molecule has 0 aromatic heterocycles. The van der Waals surface area contributed by atoms with Gasteiger partial charge in [0.15, 0.2) is 11.6 Å². The van der Waals surface area contributed by atoms with E-state index in [9.17, 15) is 4.79 Å². The number of hydrogen-bond acceptors (Lipinski definition) is 6. The van der Waals surface area contributed by atoms with Crippen LogP contribution in [-0.4, -0.2) is 42.2 Å². The fourth-order valence-corrected chi connectivity index (χ4v) is 5.60. The lowest BCUT2D eigenvalue weighted by Gasteiger charge is -2.32. The third kappa shape index (κ3) is 7.91. The van der Waals surface area contributed by atoms with Crippen molar-refractivity contribution in [3.63, 3.8) is 0 Å². The number of halogens is 1. The van der Waals surface area contributed by atoms with Crippen molar-refractivity contribution in [1.29, 1.82) is 0 Å². The number of ether oxygens (including phenoxy) is 2. The van der Waals surface area contributed by atoms with Crippen LogP contribution in [0.4, 0.5) is 0 Å². The maximum Gasteiger partial charge on any atom is 0.252 e. The fraction of sp³-hybridized carbons (Fsp3) is 0.257. The van der Waals surface area contributed by atoms with E-state index < -0.39 is 11.6 Å². The summed E-state index contributed by atoms with van der Waals surface area (Å²) in [5.74, 6) is 0.730. The molecule has 4 aromatic carbocycles. The van der Waals surface area contributed by atoms with Gasteiger partial charge < -0.3 is 19.9 Å². The average Bonchev–Trinajstić information content (AvgIpc) is 3.45. The number of nitrogens with zero attached hydrogens (tertiary/aromatic N) is 4. The van der Waals surface area contributed by atoms with Gasteiger partial charge in [-0.05, 0) is 70.6 Å². The van der Waals surface area contributed by atoms with Crippen molar-refractivity contribution in [2.75, 3.05) is 19.8 Å². The van der Waals surface area contributed by atoms with Gasteiger partial charge in [0, 0.05) is 40.9 Å². The highest BCUT2D eigenvalue weighted by Crippen LogP contribution is 2.43. The van der Waals surface area contributed by atoms with Gasteiger partial charge in [-0.2, -0.15) is 0 Å². The Balaban J connectivity index is 1.54. The predicted octanol–water partition coefficient (Wildman–Crippen LogP) is 6.88. The van der Waals surface area contributed by atoms with Crippen molar-refractivity contribution < 1.29 is 19.4 Å². The lowest BCUT2D eigenvalue weighted by molar-refractivity contribution is -0.128. The zero-order chi connectivity index (χ0) is 31.5. The number of rotatable bonds is 14. The van der Waals surface area contributed by atoms with E-state index in [0.29, 0.717) is 43.2 Å². The van der Waals surface area contributed by atoms with Gasteiger partial charge in [0.2, 0.25) is 5.90 Å². The van der Waals surface area contributed by atoms with Crippen LogP contribution in [0.25, 0.3) is 10.4 Å². The summed E-state index contributed by atoms with van der Waals surface area (Å²) in [7, 11) is 0. The summed E-state index contributed by atoms with van der Waals surface area (Å²) >= 11 is 3.47. The Bertz CT molecular complexity index is 1660. The number of aliphatic hydroxyl groups excluding tert-OH is 1. The lowest BCUT2D eigenvalue weighted by Crippen LogP contribution is -2.50. The minimum absolute atomic E-state index is 0.0555. The lowest BCUT2D eigenvalue weighted by atomic mass is 9.80. The molecule has 2 atom stereocenters. The van der Waals surface area contributed by atoms with Gasteiger partial charge in [-0.1, -0.05) is 87.8 Å². The second kappa shape index (κ2) is 15.4. The summed E-state index contributed by atoms with van der Waals surface area (Å²) in [5, 5.41) is 16.0. The van der Waals surface area contributed by atoms with E-state index in [1.54, 1.807) is 0 Å². The van der Waals surface area contributed by atoms with Gasteiger partial charge in [-0.25, -0.2) is 4.99 Å². The molecule has 0 radical (unpaired) electrons. The second-order valence-electron chi connectivity index (χ2n) is 10.7. The third-order valence-electron chi connectivity index (χ3n) is 7.60. The van der Waals surface area contributed by atoms with E-state index >= 15 is 0 Å². The minimum atomic E-state index is -1.36. The molecule has 0 unspecified atom stereocenters. The molecular formula is C35H34BrN5O4. The molecule has 1 aliphatic rings. The zero-order valence-corrected chi connectivity index (χ0v) is 26.3. The smallest absolute Gasteiger partial charge is 0.252 e. The number of hydrogen-bond donors (Lipinski definition) is 2. The SMILES string of the molecule is [N-]=[N+]=NCc1ccccc1[C@H]1OC(c2ccc(OCCCO)cc2)=N[C@@]1(Cc1ccccc1)C(=O)NCCc1ccc(Br)cc1. The molecule has 0 bridgehead atoms. The van der Waals surface area contributed by atoms with Crippen LogP contribution in [0.1, 0.15) is 40.3 Å². The molecule has 1 amide bonds. The largest absolute Gasteiger partial charge is 0.494 e. The summed E-state index contributed by atoms with van der Waals surface area (Å²) in [6.45, 7) is 0.973. The van der Waals surface area contributed by atoms with Crippen molar-refractivity contribution in [3.05, 3.63) is 146 Å².